The number of rotatable bonds is 6. The van der Waals surface area contributed by atoms with Gasteiger partial charge in [-0.3, -0.25) is 9.59 Å². The van der Waals surface area contributed by atoms with E-state index in [0.717, 1.165) is 30.2 Å². The number of benzene rings is 1. The molecule has 0 saturated carbocycles. The second-order valence-electron chi connectivity index (χ2n) is 7.05. The van der Waals surface area contributed by atoms with Crippen molar-refractivity contribution in [3.63, 3.8) is 0 Å². The summed E-state index contributed by atoms with van der Waals surface area (Å²) in [7, 11) is -2.24. The molecule has 10 heteroatoms. The molecular formula is C18H26ClN3O5S. The highest BCUT2D eigenvalue weighted by Crippen LogP contribution is 2.31. The van der Waals surface area contributed by atoms with Crippen LogP contribution in [-0.2, 0) is 14.8 Å². The van der Waals surface area contributed by atoms with E-state index in [9.17, 15) is 18.0 Å². The molecule has 2 aliphatic heterocycles. The minimum atomic E-state index is -3.88. The average molecular weight is 432 g/mol. The molecule has 1 aromatic carbocycles. The number of hydrogen-bond donors (Lipinski definition) is 2. The van der Waals surface area contributed by atoms with E-state index in [-0.39, 0.29) is 46.3 Å². The molecule has 1 fully saturated rings. The molecular weight excluding hydrogens is 406 g/mol. The topological polar surface area (TPSA) is 105 Å². The van der Waals surface area contributed by atoms with Crippen molar-refractivity contribution in [2.75, 3.05) is 39.9 Å². The molecule has 0 unspecified atom stereocenters. The van der Waals surface area contributed by atoms with Crippen LogP contribution in [0.2, 0.25) is 0 Å². The molecule has 1 aromatic rings. The summed E-state index contributed by atoms with van der Waals surface area (Å²) in [5, 5.41) is 6.21. The first-order valence-electron chi connectivity index (χ1n) is 9.04. The van der Waals surface area contributed by atoms with Crippen LogP contribution in [0.4, 0.5) is 0 Å². The van der Waals surface area contributed by atoms with Crippen LogP contribution in [0.1, 0.15) is 40.5 Å². The lowest BCUT2D eigenvalue weighted by molar-refractivity contribution is 0.0511. The maximum absolute atomic E-state index is 12.6. The Morgan fingerprint density at radius 1 is 1.32 bits per heavy atom. The fraction of sp³-hybridized carbons (Fsp3) is 0.556. The maximum Gasteiger partial charge on any atom is 0.268 e. The molecule has 2 N–H and O–H groups in total. The van der Waals surface area contributed by atoms with Gasteiger partial charge in [-0.05, 0) is 51.1 Å². The van der Waals surface area contributed by atoms with Crippen LogP contribution in [0.15, 0.2) is 23.1 Å². The second kappa shape index (κ2) is 8.77. The molecule has 1 saturated heterocycles. The zero-order valence-corrected chi connectivity index (χ0v) is 17.6. The Morgan fingerprint density at radius 2 is 2.00 bits per heavy atom. The monoisotopic (exact) mass is 431 g/mol. The molecule has 0 radical (unpaired) electrons. The first-order valence-corrected chi connectivity index (χ1v) is 10.5. The van der Waals surface area contributed by atoms with Crippen LogP contribution in [-0.4, -0.2) is 64.4 Å². The number of methoxy groups -OCH3 is 1. The predicted octanol–water partition coefficient (Wildman–Crippen LogP) is 1.02. The van der Waals surface area contributed by atoms with Crippen molar-refractivity contribution in [3.8, 4) is 0 Å². The third-order valence-electron chi connectivity index (χ3n) is 5.29. The van der Waals surface area contributed by atoms with Gasteiger partial charge in [-0.1, -0.05) is 0 Å². The first kappa shape index (κ1) is 22.6. The van der Waals surface area contributed by atoms with Crippen molar-refractivity contribution < 1.29 is 22.7 Å². The molecule has 0 atom stereocenters. The van der Waals surface area contributed by atoms with Gasteiger partial charge in [0.05, 0.1) is 12.2 Å². The van der Waals surface area contributed by atoms with Gasteiger partial charge in [0.15, 0.2) is 0 Å². The molecule has 2 amide bonds. The lowest BCUT2D eigenvalue weighted by atomic mass is 9.79. The summed E-state index contributed by atoms with van der Waals surface area (Å²) in [4.78, 5) is 24.7. The fourth-order valence-corrected chi connectivity index (χ4v) is 5.34. The van der Waals surface area contributed by atoms with E-state index in [0.29, 0.717) is 13.2 Å². The van der Waals surface area contributed by atoms with Crippen LogP contribution < -0.4 is 10.6 Å². The van der Waals surface area contributed by atoms with Crippen LogP contribution in [0.5, 0.6) is 0 Å². The third kappa shape index (κ3) is 4.03. The maximum atomic E-state index is 12.6. The summed E-state index contributed by atoms with van der Waals surface area (Å²) in [6.07, 6.45) is 1.78. The Kier molecular flexibility index (Phi) is 7.08. The minimum absolute atomic E-state index is 0. The quantitative estimate of drug-likeness (QED) is 0.696. The second-order valence-corrected chi connectivity index (χ2v) is 8.88. The largest absolute Gasteiger partial charge is 0.384 e. The molecule has 3 rings (SSSR count). The normalized spacial score (nSPS) is 19.6. The van der Waals surface area contributed by atoms with Crippen LogP contribution in [0.3, 0.4) is 0 Å². The summed E-state index contributed by atoms with van der Waals surface area (Å²) in [6.45, 7) is 4.39. The highest BCUT2D eigenvalue weighted by molar-refractivity contribution is 7.90. The molecule has 0 spiro atoms. The van der Waals surface area contributed by atoms with Gasteiger partial charge in [0.25, 0.3) is 21.8 Å². The van der Waals surface area contributed by atoms with Gasteiger partial charge in [-0.2, -0.15) is 0 Å². The van der Waals surface area contributed by atoms with Crippen LogP contribution >= 0.6 is 12.4 Å². The molecule has 2 aliphatic rings. The standard InChI is InChI=1S/C18H25N3O5S.ClH/c1-3-21-17(23)14-5-4-13(10-15(14)27(21,24)25)16(22)20-11-18(12-26-2)6-8-19-9-7-18;/h4-5,10,19H,3,6-9,11-12H2,1-2H3,(H,20,22);1H. The highest BCUT2D eigenvalue weighted by atomic mass is 35.5. The van der Waals surface area contributed by atoms with E-state index < -0.39 is 15.9 Å². The minimum Gasteiger partial charge on any atom is -0.384 e. The Labute approximate surface area is 171 Å². The number of halogens is 1. The Bertz CT molecular complexity index is 847. The molecule has 2 heterocycles. The summed E-state index contributed by atoms with van der Waals surface area (Å²) >= 11 is 0. The Hall–Kier alpha value is -1.68. The number of nitrogens with zero attached hydrogens (tertiary/aromatic N) is 1. The summed E-state index contributed by atoms with van der Waals surface area (Å²) < 4.78 is 31.2. The van der Waals surface area contributed by atoms with Gasteiger partial charge >= 0.3 is 0 Å². The Balaban J connectivity index is 0.00000280. The number of carbonyl (C=O) groups is 2. The smallest absolute Gasteiger partial charge is 0.268 e. The summed E-state index contributed by atoms with van der Waals surface area (Å²) in [5.74, 6) is -0.905. The zero-order valence-electron chi connectivity index (χ0n) is 16.0. The SMILES string of the molecule is CCN1C(=O)c2ccc(C(=O)NCC3(COC)CCNCC3)cc2S1(=O)=O.Cl. The van der Waals surface area contributed by atoms with E-state index in [4.69, 9.17) is 4.74 Å². The van der Waals surface area contributed by atoms with Gasteiger partial charge < -0.3 is 15.4 Å². The number of carbonyl (C=O) groups excluding carboxylic acids is 2. The average Bonchev–Trinajstić information content (AvgIpc) is 2.86. The zero-order chi connectivity index (χ0) is 19.7. The number of amides is 2. The number of hydrogen-bond acceptors (Lipinski definition) is 6. The lowest BCUT2D eigenvalue weighted by Gasteiger charge is -2.37. The third-order valence-corrected chi connectivity index (χ3v) is 7.19. The van der Waals surface area contributed by atoms with Crippen molar-refractivity contribution in [3.05, 3.63) is 29.3 Å². The Morgan fingerprint density at radius 3 is 2.61 bits per heavy atom. The van der Waals surface area contributed by atoms with E-state index in [2.05, 4.69) is 10.6 Å². The van der Waals surface area contributed by atoms with Crippen LogP contribution in [0, 0.1) is 5.41 Å². The van der Waals surface area contributed by atoms with Crippen molar-refractivity contribution in [1.82, 2.24) is 14.9 Å². The van der Waals surface area contributed by atoms with E-state index in [1.807, 2.05) is 0 Å². The molecule has 156 valence electrons. The summed E-state index contributed by atoms with van der Waals surface area (Å²) in [6, 6.07) is 4.19. The highest BCUT2D eigenvalue weighted by Gasteiger charge is 2.40. The van der Waals surface area contributed by atoms with Gasteiger partial charge in [0, 0.05) is 31.2 Å². The van der Waals surface area contributed by atoms with E-state index in [1.54, 1.807) is 14.0 Å². The summed E-state index contributed by atoms with van der Waals surface area (Å²) in [5.41, 5.74) is 0.208. The molecule has 0 bridgehead atoms. The number of ether oxygens (including phenoxy) is 1. The van der Waals surface area contributed by atoms with Crippen molar-refractivity contribution in [1.29, 1.82) is 0 Å². The fourth-order valence-electron chi connectivity index (χ4n) is 3.73. The molecule has 0 aromatic heterocycles. The number of fused-ring (bicyclic) bond motifs is 1. The lowest BCUT2D eigenvalue weighted by Crippen LogP contribution is -2.47. The van der Waals surface area contributed by atoms with Gasteiger partial charge in [0.1, 0.15) is 4.90 Å². The number of piperidine rings is 1. The van der Waals surface area contributed by atoms with Gasteiger partial charge in [-0.25, -0.2) is 12.7 Å². The van der Waals surface area contributed by atoms with Gasteiger partial charge in [0.2, 0.25) is 0 Å². The van der Waals surface area contributed by atoms with Crippen LogP contribution in [0.25, 0.3) is 0 Å². The first-order chi connectivity index (χ1) is 12.8. The number of nitrogens with one attached hydrogen (secondary N) is 2. The van der Waals surface area contributed by atoms with Crippen molar-refractivity contribution in [2.45, 2.75) is 24.7 Å². The molecule has 8 nitrogen and oxygen atoms in total. The molecule has 28 heavy (non-hydrogen) atoms. The van der Waals surface area contributed by atoms with E-state index in [1.165, 1.54) is 18.2 Å². The van der Waals surface area contributed by atoms with E-state index >= 15 is 0 Å². The van der Waals surface area contributed by atoms with Crippen molar-refractivity contribution in [2.24, 2.45) is 5.41 Å². The molecule has 0 aliphatic carbocycles. The number of sulfonamides is 1. The predicted molar refractivity (Wildman–Crippen MR) is 106 cm³/mol. The van der Waals surface area contributed by atoms with Gasteiger partial charge in [-0.15, -0.1) is 12.4 Å². The van der Waals surface area contributed by atoms with Crippen molar-refractivity contribution >= 4 is 34.2 Å².